The lowest BCUT2D eigenvalue weighted by molar-refractivity contribution is -0.121. The van der Waals surface area contributed by atoms with Gasteiger partial charge in [0.25, 0.3) is 0 Å². The van der Waals surface area contributed by atoms with Gasteiger partial charge in [0.1, 0.15) is 0 Å². The van der Waals surface area contributed by atoms with Gasteiger partial charge in [-0.05, 0) is 25.3 Å². The first-order chi connectivity index (χ1) is 8.11. The summed E-state index contributed by atoms with van der Waals surface area (Å²) in [5, 5.41) is 2.92. The Bertz CT molecular complexity index is 201. The predicted molar refractivity (Wildman–Crippen MR) is 78.0 cm³/mol. The van der Waals surface area contributed by atoms with Crippen molar-refractivity contribution < 1.29 is 9.53 Å². The Balaban J connectivity index is 0. The van der Waals surface area contributed by atoms with Gasteiger partial charge in [-0.2, -0.15) is 0 Å². The summed E-state index contributed by atoms with van der Waals surface area (Å²) in [5.74, 6) is 0.547. The quantitative estimate of drug-likeness (QED) is 0.603. The molecule has 0 aliphatic carbocycles. The number of ether oxygens (including phenoxy) is 1. The van der Waals surface area contributed by atoms with Crippen LogP contribution in [0.5, 0.6) is 0 Å². The van der Waals surface area contributed by atoms with E-state index in [1.54, 1.807) is 7.11 Å². The van der Waals surface area contributed by atoms with Crippen LogP contribution in [0.3, 0.4) is 0 Å². The number of nitrogens with one attached hydrogen (secondary N) is 1. The summed E-state index contributed by atoms with van der Waals surface area (Å²) in [4.78, 5) is 11.5. The average molecular weight is 281 g/mol. The molecule has 18 heavy (non-hydrogen) atoms. The zero-order valence-corrected chi connectivity index (χ0v) is 12.7. The highest BCUT2D eigenvalue weighted by atomic mass is 35.5. The van der Waals surface area contributed by atoms with Crippen molar-refractivity contribution in [3.8, 4) is 0 Å². The first-order valence-electron chi connectivity index (χ1n) is 6.61. The molecule has 0 aromatic rings. The van der Waals surface area contributed by atoms with E-state index in [9.17, 15) is 4.79 Å². The molecule has 0 bridgehead atoms. The van der Waals surface area contributed by atoms with Crippen molar-refractivity contribution in [1.29, 1.82) is 0 Å². The minimum Gasteiger partial charge on any atom is -0.379 e. The van der Waals surface area contributed by atoms with E-state index in [1.807, 2.05) is 0 Å². The molecule has 0 aliphatic heterocycles. The summed E-state index contributed by atoms with van der Waals surface area (Å²) < 4.78 is 5.29. The SMILES string of the molecule is COC(CNC(=O)CCCCCCN)C(C)C.Cl. The second kappa shape index (κ2) is 13.1. The van der Waals surface area contributed by atoms with Crippen LogP contribution in [0, 0.1) is 5.92 Å². The molecule has 1 amide bonds. The van der Waals surface area contributed by atoms with Crippen LogP contribution >= 0.6 is 12.4 Å². The summed E-state index contributed by atoms with van der Waals surface area (Å²) in [6.45, 7) is 5.53. The van der Waals surface area contributed by atoms with E-state index in [0.29, 0.717) is 18.9 Å². The molecule has 0 rings (SSSR count). The highest BCUT2D eigenvalue weighted by Crippen LogP contribution is 2.05. The van der Waals surface area contributed by atoms with Gasteiger partial charge in [-0.15, -0.1) is 12.4 Å². The highest BCUT2D eigenvalue weighted by molar-refractivity contribution is 5.85. The Morgan fingerprint density at radius 2 is 1.83 bits per heavy atom. The maximum Gasteiger partial charge on any atom is 0.220 e. The largest absolute Gasteiger partial charge is 0.379 e. The highest BCUT2D eigenvalue weighted by Gasteiger charge is 2.12. The van der Waals surface area contributed by atoms with E-state index >= 15 is 0 Å². The molecule has 4 nitrogen and oxygen atoms in total. The molecule has 0 spiro atoms. The van der Waals surface area contributed by atoms with Crippen molar-refractivity contribution in [1.82, 2.24) is 5.32 Å². The van der Waals surface area contributed by atoms with Gasteiger partial charge in [0.2, 0.25) is 5.91 Å². The van der Waals surface area contributed by atoms with Crippen molar-refractivity contribution in [3.05, 3.63) is 0 Å². The number of carbonyl (C=O) groups is 1. The Labute approximate surface area is 117 Å². The lowest BCUT2D eigenvalue weighted by atomic mass is 10.1. The van der Waals surface area contributed by atoms with E-state index < -0.39 is 0 Å². The molecule has 0 aromatic heterocycles. The summed E-state index contributed by atoms with van der Waals surface area (Å²) in [5.41, 5.74) is 5.40. The van der Waals surface area contributed by atoms with Gasteiger partial charge in [-0.3, -0.25) is 4.79 Å². The Hall–Kier alpha value is -0.320. The summed E-state index contributed by atoms with van der Waals surface area (Å²) in [7, 11) is 1.68. The van der Waals surface area contributed by atoms with Crippen LogP contribution < -0.4 is 11.1 Å². The maximum absolute atomic E-state index is 11.5. The van der Waals surface area contributed by atoms with Crippen LogP contribution in [0.25, 0.3) is 0 Å². The zero-order valence-electron chi connectivity index (χ0n) is 11.9. The predicted octanol–water partition coefficient (Wildman–Crippen LogP) is 2.10. The maximum atomic E-state index is 11.5. The number of carbonyl (C=O) groups excluding carboxylic acids is 1. The van der Waals surface area contributed by atoms with Crippen LogP contribution in [0.4, 0.5) is 0 Å². The minimum absolute atomic E-state index is 0. The van der Waals surface area contributed by atoms with Gasteiger partial charge in [0.15, 0.2) is 0 Å². The van der Waals surface area contributed by atoms with Crippen LogP contribution in [0.2, 0.25) is 0 Å². The zero-order chi connectivity index (χ0) is 13.1. The second-order valence-corrected chi connectivity index (χ2v) is 4.78. The molecule has 0 saturated carbocycles. The summed E-state index contributed by atoms with van der Waals surface area (Å²) in [6.07, 6.45) is 4.93. The molecule has 3 N–H and O–H groups in total. The number of amides is 1. The molecule has 0 saturated heterocycles. The van der Waals surface area contributed by atoms with Crippen LogP contribution in [-0.2, 0) is 9.53 Å². The fraction of sp³-hybridized carbons (Fsp3) is 0.923. The van der Waals surface area contributed by atoms with Gasteiger partial charge in [0.05, 0.1) is 6.10 Å². The monoisotopic (exact) mass is 280 g/mol. The number of hydrogen-bond donors (Lipinski definition) is 2. The van der Waals surface area contributed by atoms with Gasteiger partial charge in [0, 0.05) is 20.1 Å². The van der Waals surface area contributed by atoms with E-state index in [-0.39, 0.29) is 24.4 Å². The molecular weight excluding hydrogens is 252 g/mol. The number of nitrogens with two attached hydrogens (primary N) is 1. The van der Waals surface area contributed by atoms with Crippen molar-refractivity contribution in [2.45, 2.75) is 52.1 Å². The third-order valence-corrected chi connectivity index (χ3v) is 2.90. The molecule has 1 unspecified atom stereocenters. The van der Waals surface area contributed by atoms with Crippen LogP contribution in [0.1, 0.15) is 46.0 Å². The van der Waals surface area contributed by atoms with Crippen LogP contribution in [-0.4, -0.2) is 32.2 Å². The Morgan fingerprint density at radius 3 is 2.33 bits per heavy atom. The fourth-order valence-electron chi connectivity index (χ4n) is 1.68. The first-order valence-corrected chi connectivity index (χ1v) is 6.61. The third kappa shape index (κ3) is 10.8. The lowest BCUT2D eigenvalue weighted by Gasteiger charge is -2.19. The van der Waals surface area contributed by atoms with E-state index in [4.69, 9.17) is 10.5 Å². The average Bonchev–Trinajstić information content (AvgIpc) is 2.29. The third-order valence-electron chi connectivity index (χ3n) is 2.90. The smallest absolute Gasteiger partial charge is 0.220 e. The molecule has 0 aliphatic rings. The number of halogens is 1. The number of rotatable bonds is 10. The molecule has 5 heteroatoms. The molecule has 0 heterocycles. The topological polar surface area (TPSA) is 64.3 Å². The van der Waals surface area contributed by atoms with Gasteiger partial charge in [-0.25, -0.2) is 0 Å². The van der Waals surface area contributed by atoms with Crippen LogP contribution in [0.15, 0.2) is 0 Å². The van der Waals surface area contributed by atoms with Crippen molar-refractivity contribution >= 4 is 18.3 Å². The van der Waals surface area contributed by atoms with Crippen molar-refractivity contribution in [2.75, 3.05) is 20.2 Å². The molecule has 0 fully saturated rings. The lowest BCUT2D eigenvalue weighted by Crippen LogP contribution is -2.35. The molecule has 1 atom stereocenters. The number of methoxy groups -OCH3 is 1. The molecule has 0 radical (unpaired) electrons. The normalized spacial score (nSPS) is 12.1. The Morgan fingerprint density at radius 1 is 1.22 bits per heavy atom. The summed E-state index contributed by atoms with van der Waals surface area (Å²) >= 11 is 0. The molecule has 110 valence electrons. The van der Waals surface area contributed by atoms with Crippen molar-refractivity contribution in [3.63, 3.8) is 0 Å². The fourth-order valence-corrected chi connectivity index (χ4v) is 1.68. The van der Waals surface area contributed by atoms with Gasteiger partial charge in [-0.1, -0.05) is 26.7 Å². The van der Waals surface area contributed by atoms with Gasteiger partial charge < -0.3 is 15.8 Å². The molecular formula is C13H29ClN2O2. The minimum atomic E-state index is 0. The van der Waals surface area contributed by atoms with E-state index in [2.05, 4.69) is 19.2 Å². The van der Waals surface area contributed by atoms with E-state index in [0.717, 1.165) is 32.2 Å². The van der Waals surface area contributed by atoms with E-state index in [1.165, 1.54) is 0 Å². The van der Waals surface area contributed by atoms with Gasteiger partial charge >= 0.3 is 0 Å². The number of unbranched alkanes of at least 4 members (excludes halogenated alkanes) is 3. The number of hydrogen-bond acceptors (Lipinski definition) is 3. The molecule has 0 aromatic carbocycles. The second-order valence-electron chi connectivity index (χ2n) is 4.78. The Kier molecular flexibility index (Phi) is 14.6. The standard InChI is InChI=1S/C13H28N2O2.ClH/c1-11(2)12(17-3)10-15-13(16)8-6-4-5-7-9-14;/h11-12H,4-10,14H2,1-3H3,(H,15,16);1H. The first kappa shape index (κ1) is 20.0. The summed E-state index contributed by atoms with van der Waals surface area (Å²) in [6, 6.07) is 0. The van der Waals surface area contributed by atoms with Crippen molar-refractivity contribution in [2.24, 2.45) is 11.7 Å².